The lowest BCUT2D eigenvalue weighted by Gasteiger charge is -2.16. The van der Waals surface area contributed by atoms with Crippen molar-refractivity contribution in [1.29, 1.82) is 5.26 Å². The second kappa shape index (κ2) is 6.10. The van der Waals surface area contributed by atoms with Gasteiger partial charge in [0.15, 0.2) is 0 Å². The topological polar surface area (TPSA) is 56.6 Å². The van der Waals surface area contributed by atoms with Crippen LogP contribution in [0.25, 0.3) is 0 Å². The number of para-hydroxylation sites is 1. The van der Waals surface area contributed by atoms with Crippen molar-refractivity contribution in [2.75, 3.05) is 33.3 Å². The molecule has 0 saturated carbocycles. The summed E-state index contributed by atoms with van der Waals surface area (Å²) >= 11 is 0. The van der Waals surface area contributed by atoms with Crippen molar-refractivity contribution in [3.8, 4) is 11.8 Å². The second-order valence-corrected chi connectivity index (χ2v) is 4.50. The van der Waals surface area contributed by atoms with Gasteiger partial charge in [-0.15, -0.1) is 0 Å². The molecule has 0 bridgehead atoms. The van der Waals surface area contributed by atoms with Crippen LogP contribution in [-0.4, -0.2) is 49.1 Å². The van der Waals surface area contributed by atoms with Crippen LogP contribution in [0.3, 0.4) is 0 Å². The van der Waals surface area contributed by atoms with Crippen LogP contribution < -0.4 is 4.74 Å². The third-order valence-electron chi connectivity index (χ3n) is 3.14. The number of benzene rings is 1. The summed E-state index contributed by atoms with van der Waals surface area (Å²) in [5.74, 6) is 0.606. The van der Waals surface area contributed by atoms with E-state index in [0.29, 0.717) is 24.5 Å². The molecule has 1 heterocycles. The highest BCUT2D eigenvalue weighted by Gasteiger charge is 2.24. The first-order valence-corrected chi connectivity index (χ1v) is 6.34. The third-order valence-corrected chi connectivity index (χ3v) is 3.14. The van der Waals surface area contributed by atoms with Crippen LogP contribution in [0.2, 0.25) is 0 Å². The van der Waals surface area contributed by atoms with Crippen molar-refractivity contribution >= 4 is 6.03 Å². The van der Waals surface area contributed by atoms with Gasteiger partial charge in [0.25, 0.3) is 0 Å². The Labute approximate surface area is 113 Å². The molecule has 5 nitrogen and oxygen atoms in total. The van der Waals surface area contributed by atoms with Gasteiger partial charge in [-0.1, -0.05) is 12.1 Å². The molecule has 0 spiro atoms. The molecule has 19 heavy (non-hydrogen) atoms. The molecule has 100 valence electrons. The van der Waals surface area contributed by atoms with Crippen LogP contribution in [0.15, 0.2) is 24.3 Å². The molecule has 1 saturated heterocycles. The summed E-state index contributed by atoms with van der Waals surface area (Å²) in [4.78, 5) is 15.2. The number of amides is 2. The zero-order valence-corrected chi connectivity index (χ0v) is 11.0. The molecule has 0 N–H and O–H groups in total. The van der Waals surface area contributed by atoms with E-state index in [4.69, 9.17) is 10.00 Å². The minimum absolute atomic E-state index is 0.0809. The molecule has 5 heteroatoms. The first-order chi connectivity index (χ1) is 9.22. The molecule has 0 aromatic heterocycles. The van der Waals surface area contributed by atoms with Crippen LogP contribution in [0.4, 0.5) is 4.79 Å². The van der Waals surface area contributed by atoms with Crippen molar-refractivity contribution in [1.82, 2.24) is 9.80 Å². The number of ether oxygens (including phenoxy) is 1. The molecule has 0 aliphatic carbocycles. The number of hydrogen-bond donors (Lipinski definition) is 0. The van der Waals surface area contributed by atoms with Crippen molar-refractivity contribution < 1.29 is 9.53 Å². The van der Waals surface area contributed by atoms with Gasteiger partial charge in [0.05, 0.1) is 12.2 Å². The molecule has 0 radical (unpaired) electrons. The fraction of sp³-hybridized carbons (Fsp3) is 0.429. The highest BCUT2D eigenvalue weighted by Crippen LogP contribution is 2.16. The van der Waals surface area contributed by atoms with E-state index < -0.39 is 0 Å². The van der Waals surface area contributed by atoms with Gasteiger partial charge in [-0.05, 0) is 18.6 Å². The molecule has 1 aromatic carbocycles. The highest BCUT2D eigenvalue weighted by atomic mass is 16.5. The molecule has 0 unspecified atom stereocenters. The van der Waals surface area contributed by atoms with Gasteiger partial charge < -0.3 is 14.5 Å². The van der Waals surface area contributed by atoms with Gasteiger partial charge in [0, 0.05) is 26.7 Å². The fourth-order valence-corrected chi connectivity index (χ4v) is 2.03. The molecule has 0 atom stereocenters. The van der Waals surface area contributed by atoms with E-state index in [-0.39, 0.29) is 6.03 Å². The van der Waals surface area contributed by atoms with Crippen molar-refractivity contribution in [3.63, 3.8) is 0 Å². The first kappa shape index (κ1) is 13.2. The summed E-state index contributed by atoms with van der Waals surface area (Å²) in [6, 6.07) is 9.34. The fourth-order valence-electron chi connectivity index (χ4n) is 2.03. The van der Waals surface area contributed by atoms with E-state index >= 15 is 0 Å². The second-order valence-electron chi connectivity index (χ2n) is 4.50. The normalized spacial score (nSPS) is 14.6. The maximum atomic E-state index is 11.6. The predicted molar refractivity (Wildman–Crippen MR) is 70.9 cm³/mol. The predicted octanol–water partition coefficient (Wildman–Crippen LogP) is 1.69. The molecular formula is C14H17N3O2. The number of likely N-dealkylation sites (N-methyl/N-ethyl adjacent to an activating group) is 1. The number of urea groups is 1. The van der Waals surface area contributed by atoms with E-state index in [1.54, 1.807) is 17.0 Å². The van der Waals surface area contributed by atoms with E-state index in [2.05, 4.69) is 6.07 Å². The van der Waals surface area contributed by atoms with Gasteiger partial charge in [0.1, 0.15) is 11.8 Å². The number of hydrogen-bond acceptors (Lipinski definition) is 3. The van der Waals surface area contributed by atoms with Crippen molar-refractivity contribution in [2.45, 2.75) is 6.42 Å². The number of carbonyl (C=O) groups excluding carboxylic acids is 1. The van der Waals surface area contributed by atoms with Gasteiger partial charge in [-0.2, -0.15) is 5.26 Å². The Bertz CT molecular complexity index is 496. The largest absolute Gasteiger partial charge is 0.492 e. The molecule has 1 aromatic rings. The lowest BCUT2D eigenvalue weighted by molar-refractivity contribution is 0.194. The standard InChI is InChI=1S/C14H17N3O2/c1-16-8-9-17(14(16)18)7-4-10-19-13-6-3-2-5-12(13)11-15/h2-3,5-6H,4,7-10H2,1H3. The third kappa shape index (κ3) is 3.16. The summed E-state index contributed by atoms with van der Waals surface area (Å²) in [6.07, 6.45) is 0.763. The number of carbonyl (C=O) groups is 1. The van der Waals surface area contributed by atoms with E-state index in [1.807, 2.05) is 24.1 Å². The summed E-state index contributed by atoms with van der Waals surface area (Å²) in [5.41, 5.74) is 0.541. The zero-order chi connectivity index (χ0) is 13.7. The molecule has 1 aliphatic rings. The van der Waals surface area contributed by atoms with Gasteiger partial charge >= 0.3 is 6.03 Å². The quantitative estimate of drug-likeness (QED) is 0.756. The van der Waals surface area contributed by atoms with Crippen LogP contribution in [0.1, 0.15) is 12.0 Å². The van der Waals surface area contributed by atoms with Crippen LogP contribution >= 0.6 is 0 Å². The van der Waals surface area contributed by atoms with Crippen LogP contribution in [0, 0.1) is 11.3 Å². The Morgan fingerprint density at radius 1 is 1.37 bits per heavy atom. The summed E-state index contributed by atoms with van der Waals surface area (Å²) in [5, 5.41) is 8.92. The van der Waals surface area contributed by atoms with E-state index in [9.17, 15) is 4.79 Å². The Morgan fingerprint density at radius 2 is 2.16 bits per heavy atom. The maximum absolute atomic E-state index is 11.6. The smallest absolute Gasteiger partial charge is 0.319 e. The number of nitrogens with zero attached hydrogens (tertiary/aromatic N) is 3. The Balaban J connectivity index is 1.76. The molecule has 2 amide bonds. The summed E-state index contributed by atoms with van der Waals surface area (Å²) < 4.78 is 5.58. The Kier molecular flexibility index (Phi) is 4.24. The number of nitriles is 1. The monoisotopic (exact) mass is 259 g/mol. The molecular weight excluding hydrogens is 242 g/mol. The zero-order valence-electron chi connectivity index (χ0n) is 11.0. The Morgan fingerprint density at radius 3 is 2.84 bits per heavy atom. The molecule has 2 rings (SSSR count). The van der Waals surface area contributed by atoms with Gasteiger partial charge in [0.2, 0.25) is 0 Å². The minimum Gasteiger partial charge on any atom is -0.492 e. The van der Waals surface area contributed by atoms with Crippen LogP contribution in [-0.2, 0) is 0 Å². The lowest BCUT2D eigenvalue weighted by Crippen LogP contribution is -2.30. The maximum Gasteiger partial charge on any atom is 0.319 e. The SMILES string of the molecule is CN1CCN(CCCOc2ccccc2C#N)C1=O. The van der Waals surface area contributed by atoms with E-state index in [1.165, 1.54) is 0 Å². The average molecular weight is 259 g/mol. The van der Waals surface area contributed by atoms with Crippen molar-refractivity contribution in [3.05, 3.63) is 29.8 Å². The molecule has 1 aliphatic heterocycles. The minimum atomic E-state index is 0.0809. The van der Waals surface area contributed by atoms with Crippen LogP contribution in [0.5, 0.6) is 5.75 Å². The average Bonchev–Trinajstić information content (AvgIpc) is 2.76. The Hall–Kier alpha value is -2.22. The summed E-state index contributed by atoms with van der Waals surface area (Å²) in [6.45, 7) is 2.77. The van der Waals surface area contributed by atoms with Gasteiger partial charge in [-0.25, -0.2) is 4.79 Å². The number of rotatable bonds is 5. The summed E-state index contributed by atoms with van der Waals surface area (Å²) in [7, 11) is 1.81. The highest BCUT2D eigenvalue weighted by molar-refractivity contribution is 5.76. The van der Waals surface area contributed by atoms with E-state index in [0.717, 1.165) is 19.5 Å². The lowest BCUT2D eigenvalue weighted by atomic mass is 10.2. The first-order valence-electron chi connectivity index (χ1n) is 6.34. The molecule has 1 fully saturated rings. The van der Waals surface area contributed by atoms with Gasteiger partial charge in [-0.3, -0.25) is 0 Å². The van der Waals surface area contributed by atoms with Crippen molar-refractivity contribution in [2.24, 2.45) is 0 Å².